The molecule has 0 radical (unpaired) electrons. The van der Waals surface area contributed by atoms with Crippen LogP contribution in [0.4, 0.5) is 26.3 Å². The van der Waals surface area contributed by atoms with Crippen LogP contribution in [-0.4, -0.2) is 18.1 Å². The van der Waals surface area contributed by atoms with Gasteiger partial charge in [0.1, 0.15) is 5.78 Å². The second-order valence-electron chi connectivity index (χ2n) is 3.48. The van der Waals surface area contributed by atoms with E-state index in [0.29, 0.717) is 0 Å². The fraction of sp³-hybridized carbons (Fsp3) is 0.889. The van der Waals surface area contributed by atoms with Gasteiger partial charge < -0.3 is 0 Å². The highest BCUT2D eigenvalue weighted by Gasteiger charge is 2.28. The zero-order valence-electron chi connectivity index (χ0n) is 8.42. The number of Topliss-reactive ketones (excluding diaryl/α,β-unsaturated/α-hetero) is 1. The molecule has 0 unspecified atom stereocenters. The van der Waals surface area contributed by atoms with E-state index in [4.69, 9.17) is 0 Å². The summed E-state index contributed by atoms with van der Waals surface area (Å²) in [5.74, 6) is -0.548. The van der Waals surface area contributed by atoms with Gasteiger partial charge >= 0.3 is 12.4 Å². The van der Waals surface area contributed by atoms with Gasteiger partial charge in [0, 0.05) is 25.7 Å². The van der Waals surface area contributed by atoms with Crippen LogP contribution in [0.1, 0.15) is 38.5 Å². The summed E-state index contributed by atoms with van der Waals surface area (Å²) in [6.45, 7) is 0. The summed E-state index contributed by atoms with van der Waals surface area (Å²) < 4.78 is 69.9. The maximum atomic E-state index is 11.7. The van der Waals surface area contributed by atoms with E-state index in [1.807, 2.05) is 0 Å². The number of halogens is 6. The smallest absolute Gasteiger partial charge is 0.300 e. The average molecular weight is 250 g/mol. The predicted octanol–water partition coefficient (Wildman–Crippen LogP) is 4.02. The molecule has 16 heavy (non-hydrogen) atoms. The fourth-order valence-electron chi connectivity index (χ4n) is 1.10. The van der Waals surface area contributed by atoms with Gasteiger partial charge in [-0.2, -0.15) is 26.3 Å². The second kappa shape index (κ2) is 6.10. The molecule has 0 aromatic carbocycles. The number of ketones is 1. The van der Waals surface area contributed by atoms with Crippen LogP contribution in [0.5, 0.6) is 0 Å². The van der Waals surface area contributed by atoms with Crippen LogP contribution in [-0.2, 0) is 4.79 Å². The number of hydrogen-bond acceptors (Lipinski definition) is 1. The van der Waals surface area contributed by atoms with Gasteiger partial charge in [-0.15, -0.1) is 0 Å². The molecule has 0 fully saturated rings. The predicted molar refractivity (Wildman–Crippen MR) is 44.8 cm³/mol. The molecule has 0 aliphatic carbocycles. The third kappa shape index (κ3) is 11.3. The molecular formula is C9H12F6O. The van der Waals surface area contributed by atoms with Crippen LogP contribution >= 0.6 is 0 Å². The summed E-state index contributed by atoms with van der Waals surface area (Å²) in [7, 11) is 0. The van der Waals surface area contributed by atoms with Gasteiger partial charge in [0.05, 0.1) is 0 Å². The van der Waals surface area contributed by atoms with E-state index in [-0.39, 0.29) is 25.7 Å². The Morgan fingerprint density at radius 1 is 0.750 bits per heavy atom. The topological polar surface area (TPSA) is 17.1 Å². The highest BCUT2D eigenvalue weighted by molar-refractivity contribution is 5.78. The molecule has 96 valence electrons. The molecule has 1 nitrogen and oxygen atoms in total. The Hall–Kier alpha value is -0.750. The summed E-state index contributed by atoms with van der Waals surface area (Å²) in [5, 5.41) is 0. The minimum atomic E-state index is -4.31. The van der Waals surface area contributed by atoms with Crippen molar-refractivity contribution in [1.29, 1.82) is 0 Å². The van der Waals surface area contributed by atoms with Crippen molar-refractivity contribution in [2.75, 3.05) is 0 Å². The lowest BCUT2D eigenvalue weighted by molar-refractivity contribution is -0.138. The van der Waals surface area contributed by atoms with E-state index in [1.165, 1.54) is 0 Å². The van der Waals surface area contributed by atoms with Gasteiger partial charge in [-0.3, -0.25) is 4.79 Å². The van der Waals surface area contributed by atoms with Crippen LogP contribution in [0.3, 0.4) is 0 Å². The second-order valence-corrected chi connectivity index (χ2v) is 3.48. The van der Waals surface area contributed by atoms with E-state index in [0.717, 1.165) is 0 Å². The standard InChI is InChI=1S/C9H12F6O/c10-8(11,12)5-1-3-7(16)4-2-6-9(13,14)15/h1-6H2. The molecular weight excluding hydrogens is 238 g/mol. The summed E-state index contributed by atoms with van der Waals surface area (Å²) >= 11 is 0. The van der Waals surface area contributed by atoms with E-state index in [9.17, 15) is 31.1 Å². The number of alkyl halides is 6. The molecule has 0 rings (SSSR count). The van der Waals surface area contributed by atoms with Crippen molar-refractivity contribution in [2.45, 2.75) is 50.9 Å². The molecule has 0 N–H and O–H groups in total. The molecule has 0 atom stereocenters. The van der Waals surface area contributed by atoms with E-state index in [2.05, 4.69) is 0 Å². The molecule has 0 amide bonds. The molecule has 0 bridgehead atoms. The van der Waals surface area contributed by atoms with Gasteiger partial charge in [0.25, 0.3) is 0 Å². The normalized spacial score (nSPS) is 12.9. The average Bonchev–Trinajstić information content (AvgIpc) is 1.98. The van der Waals surface area contributed by atoms with Gasteiger partial charge in [-0.25, -0.2) is 0 Å². The Morgan fingerprint density at radius 3 is 1.31 bits per heavy atom. The first-order chi connectivity index (χ1) is 7.10. The largest absolute Gasteiger partial charge is 0.389 e. The Morgan fingerprint density at radius 2 is 1.06 bits per heavy atom. The Labute approximate surface area is 88.8 Å². The van der Waals surface area contributed by atoms with Crippen LogP contribution in [0.15, 0.2) is 0 Å². The van der Waals surface area contributed by atoms with Crippen molar-refractivity contribution in [3.8, 4) is 0 Å². The third-order valence-corrected chi connectivity index (χ3v) is 1.83. The molecule has 0 saturated carbocycles. The lowest BCUT2D eigenvalue weighted by Gasteiger charge is -2.06. The van der Waals surface area contributed by atoms with Gasteiger partial charge in [-0.1, -0.05) is 0 Å². The Bertz CT molecular complexity index is 195. The monoisotopic (exact) mass is 250 g/mol. The van der Waals surface area contributed by atoms with E-state index >= 15 is 0 Å². The first-order valence-corrected chi connectivity index (χ1v) is 4.75. The van der Waals surface area contributed by atoms with Crippen LogP contribution in [0, 0.1) is 0 Å². The van der Waals surface area contributed by atoms with E-state index in [1.54, 1.807) is 0 Å². The fourth-order valence-corrected chi connectivity index (χ4v) is 1.10. The van der Waals surface area contributed by atoms with Crippen molar-refractivity contribution in [2.24, 2.45) is 0 Å². The molecule has 0 aromatic rings. The first-order valence-electron chi connectivity index (χ1n) is 4.75. The summed E-state index contributed by atoms with van der Waals surface area (Å²) in [6.07, 6.45) is -12.1. The van der Waals surface area contributed by atoms with Crippen molar-refractivity contribution >= 4 is 5.78 Å². The quantitative estimate of drug-likeness (QED) is 0.650. The van der Waals surface area contributed by atoms with Crippen molar-refractivity contribution in [1.82, 2.24) is 0 Å². The molecule has 7 heteroatoms. The minimum Gasteiger partial charge on any atom is -0.300 e. The lowest BCUT2D eigenvalue weighted by Crippen LogP contribution is -2.10. The van der Waals surface area contributed by atoms with E-state index < -0.39 is 31.0 Å². The number of rotatable bonds is 6. The lowest BCUT2D eigenvalue weighted by atomic mass is 10.1. The minimum absolute atomic E-state index is 0.308. The molecule has 0 aliphatic rings. The molecule has 0 saturated heterocycles. The van der Waals surface area contributed by atoms with Crippen LogP contribution in [0.25, 0.3) is 0 Å². The maximum absolute atomic E-state index is 11.7. The van der Waals surface area contributed by atoms with Crippen molar-refractivity contribution in [3.63, 3.8) is 0 Å². The molecule has 0 aromatic heterocycles. The first kappa shape index (κ1) is 15.2. The van der Waals surface area contributed by atoms with Gasteiger partial charge in [0.2, 0.25) is 0 Å². The van der Waals surface area contributed by atoms with Crippen LogP contribution < -0.4 is 0 Å². The highest BCUT2D eigenvalue weighted by atomic mass is 19.4. The molecule has 0 aliphatic heterocycles. The molecule has 0 spiro atoms. The number of carbonyl (C=O) groups excluding carboxylic acids is 1. The zero-order chi connectivity index (χ0) is 12.8. The van der Waals surface area contributed by atoms with Crippen molar-refractivity contribution in [3.05, 3.63) is 0 Å². The Kier molecular flexibility index (Phi) is 5.81. The summed E-state index contributed by atoms with van der Waals surface area (Å²) in [5.41, 5.74) is 0. The SMILES string of the molecule is O=C(CCCC(F)(F)F)CCCC(F)(F)F. The highest BCUT2D eigenvalue weighted by Crippen LogP contribution is 2.24. The third-order valence-electron chi connectivity index (χ3n) is 1.83. The van der Waals surface area contributed by atoms with Gasteiger partial charge in [-0.05, 0) is 12.8 Å². The number of hydrogen-bond donors (Lipinski definition) is 0. The zero-order valence-corrected chi connectivity index (χ0v) is 8.42. The summed E-state index contributed by atoms with van der Waals surface area (Å²) in [4.78, 5) is 10.9. The number of carbonyl (C=O) groups is 1. The van der Waals surface area contributed by atoms with Gasteiger partial charge in [0.15, 0.2) is 0 Å². The summed E-state index contributed by atoms with van der Waals surface area (Å²) in [6, 6.07) is 0. The van der Waals surface area contributed by atoms with Crippen molar-refractivity contribution < 1.29 is 31.1 Å². The molecule has 0 heterocycles. The Balaban J connectivity index is 3.53. The maximum Gasteiger partial charge on any atom is 0.389 e. The van der Waals surface area contributed by atoms with Crippen LogP contribution in [0.2, 0.25) is 0 Å².